The molecule has 0 aliphatic carbocycles. The van der Waals surface area contributed by atoms with Crippen molar-refractivity contribution in [3.63, 3.8) is 0 Å². The van der Waals surface area contributed by atoms with Gasteiger partial charge in [-0.25, -0.2) is 9.67 Å². The van der Waals surface area contributed by atoms with Gasteiger partial charge in [0.25, 0.3) is 0 Å². The summed E-state index contributed by atoms with van der Waals surface area (Å²) >= 11 is 0. The zero-order valence-electron chi connectivity index (χ0n) is 16.9. The number of likely N-dealkylation sites (N-methyl/N-ethyl adjacent to an activating group) is 1. The Labute approximate surface area is 165 Å². The molecule has 0 atom stereocenters. The van der Waals surface area contributed by atoms with Crippen LogP contribution in [0.2, 0.25) is 0 Å². The molecule has 7 nitrogen and oxygen atoms in total. The van der Waals surface area contributed by atoms with E-state index in [1.165, 1.54) is 0 Å². The molecule has 0 saturated heterocycles. The summed E-state index contributed by atoms with van der Waals surface area (Å²) in [6.45, 7) is 1.85. The molecule has 2 aromatic heterocycles. The van der Waals surface area contributed by atoms with Crippen LogP contribution >= 0.6 is 0 Å². The van der Waals surface area contributed by atoms with Crippen LogP contribution in [0.4, 0.5) is 0 Å². The molecule has 1 amide bonds. The van der Waals surface area contributed by atoms with Crippen molar-refractivity contribution in [3.05, 3.63) is 42.6 Å². The monoisotopic (exact) mass is 381 g/mol. The zero-order valence-corrected chi connectivity index (χ0v) is 16.9. The second-order valence-electron chi connectivity index (χ2n) is 7.20. The molecule has 0 bridgehead atoms. The van der Waals surface area contributed by atoms with Crippen molar-refractivity contribution in [3.8, 4) is 17.0 Å². The maximum atomic E-state index is 12.1. The summed E-state index contributed by atoms with van der Waals surface area (Å²) in [6.07, 6.45) is 2.70. The number of aromatic nitrogens is 3. The quantitative estimate of drug-likeness (QED) is 0.561. The first-order valence-corrected chi connectivity index (χ1v) is 9.35. The van der Waals surface area contributed by atoms with Crippen molar-refractivity contribution in [2.75, 3.05) is 41.3 Å². The second kappa shape index (κ2) is 8.84. The smallest absolute Gasteiger partial charge is 0.243 e. The highest BCUT2D eigenvalue weighted by molar-refractivity contribution is 5.92. The van der Waals surface area contributed by atoms with E-state index in [1.807, 2.05) is 36.4 Å². The van der Waals surface area contributed by atoms with Crippen LogP contribution in [-0.2, 0) is 11.3 Å². The largest absolute Gasteiger partial charge is 0.494 e. The minimum atomic E-state index is -0.0249. The van der Waals surface area contributed by atoms with E-state index < -0.39 is 0 Å². The molecular formula is C21H27N5O2. The molecule has 0 N–H and O–H groups in total. The van der Waals surface area contributed by atoms with Gasteiger partial charge in [0.05, 0.1) is 6.61 Å². The van der Waals surface area contributed by atoms with Crippen molar-refractivity contribution >= 4 is 16.9 Å². The Bertz CT molecular complexity index is 932. The summed E-state index contributed by atoms with van der Waals surface area (Å²) in [4.78, 5) is 20.2. The van der Waals surface area contributed by atoms with Gasteiger partial charge in [-0.2, -0.15) is 5.10 Å². The van der Waals surface area contributed by atoms with Gasteiger partial charge in [-0.05, 0) is 56.9 Å². The number of carbonyl (C=O) groups is 1. The van der Waals surface area contributed by atoms with E-state index in [9.17, 15) is 4.79 Å². The van der Waals surface area contributed by atoms with Crippen molar-refractivity contribution < 1.29 is 9.53 Å². The minimum absolute atomic E-state index is 0.0249. The van der Waals surface area contributed by atoms with Crippen LogP contribution in [0.25, 0.3) is 22.3 Å². The average Bonchev–Trinajstić information content (AvgIpc) is 3.04. The molecule has 0 fully saturated rings. The van der Waals surface area contributed by atoms with E-state index in [0.717, 1.165) is 35.4 Å². The topological polar surface area (TPSA) is 63.5 Å². The molecule has 148 valence electrons. The summed E-state index contributed by atoms with van der Waals surface area (Å²) < 4.78 is 7.47. The van der Waals surface area contributed by atoms with Crippen LogP contribution in [-0.4, -0.2) is 71.8 Å². The van der Waals surface area contributed by atoms with Gasteiger partial charge in [0, 0.05) is 37.8 Å². The van der Waals surface area contributed by atoms with Crippen LogP contribution in [0.5, 0.6) is 5.75 Å². The van der Waals surface area contributed by atoms with E-state index in [2.05, 4.69) is 29.1 Å². The van der Waals surface area contributed by atoms with Crippen molar-refractivity contribution in [1.29, 1.82) is 0 Å². The van der Waals surface area contributed by atoms with Gasteiger partial charge in [0.1, 0.15) is 18.0 Å². The second-order valence-corrected chi connectivity index (χ2v) is 7.20. The Morgan fingerprint density at radius 2 is 1.86 bits per heavy atom. The molecule has 1 aromatic carbocycles. The van der Waals surface area contributed by atoms with Gasteiger partial charge in [-0.15, -0.1) is 0 Å². The first-order chi connectivity index (χ1) is 13.5. The third-order valence-electron chi connectivity index (χ3n) is 4.44. The highest BCUT2D eigenvalue weighted by Gasteiger charge is 2.16. The predicted molar refractivity (Wildman–Crippen MR) is 110 cm³/mol. The fraction of sp³-hybridized carbons (Fsp3) is 0.381. The molecule has 0 radical (unpaired) electrons. The summed E-state index contributed by atoms with van der Waals surface area (Å²) in [5.41, 5.74) is 2.49. The number of carbonyl (C=O) groups excluding carboxylic acids is 1. The molecule has 0 unspecified atom stereocenters. The Balaban J connectivity index is 1.80. The average molecular weight is 381 g/mol. The standard InChI is InChI=1S/C21H27N5O2/c1-24(2)13-6-14-28-17-10-8-16(9-11-17)20-18-7-5-12-22-21(18)26(23-20)15-19(27)25(3)4/h5,7-12H,6,13-15H2,1-4H3. The van der Waals surface area contributed by atoms with Crippen molar-refractivity contribution in [2.24, 2.45) is 0 Å². The minimum Gasteiger partial charge on any atom is -0.494 e. The Kier molecular flexibility index (Phi) is 6.26. The number of hydrogen-bond acceptors (Lipinski definition) is 5. The van der Waals surface area contributed by atoms with Gasteiger partial charge in [-0.3, -0.25) is 4.79 Å². The van der Waals surface area contributed by atoms with Gasteiger partial charge >= 0.3 is 0 Å². The third-order valence-corrected chi connectivity index (χ3v) is 4.44. The molecule has 0 aliphatic heterocycles. The lowest BCUT2D eigenvalue weighted by Gasteiger charge is -2.10. The Morgan fingerprint density at radius 3 is 2.54 bits per heavy atom. The molecular weight excluding hydrogens is 354 g/mol. The SMILES string of the molecule is CN(C)CCCOc1ccc(-c2nn(CC(=O)N(C)C)c3ncccc23)cc1. The number of fused-ring (bicyclic) bond motifs is 1. The molecule has 0 aliphatic rings. The van der Waals surface area contributed by atoms with Crippen LogP contribution in [0.3, 0.4) is 0 Å². The van der Waals surface area contributed by atoms with Crippen LogP contribution in [0.1, 0.15) is 6.42 Å². The first-order valence-electron chi connectivity index (χ1n) is 9.35. The molecule has 2 heterocycles. The van der Waals surface area contributed by atoms with Crippen molar-refractivity contribution in [2.45, 2.75) is 13.0 Å². The molecule has 3 rings (SSSR count). The number of rotatable bonds is 8. The first kappa shape index (κ1) is 19.8. The van der Waals surface area contributed by atoms with Gasteiger partial charge < -0.3 is 14.5 Å². The number of ether oxygens (including phenoxy) is 1. The lowest BCUT2D eigenvalue weighted by Crippen LogP contribution is -2.26. The van der Waals surface area contributed by atoms with Gasteiger partial charge in [0.2, 0.25) is 5.91 Å². The molecule has 0 spiro atoms. The zero-order chi connectivity index (χ0) is 20.1. The number of amides is 1. The van der Waals surface area contributed by atoms with Gasteiger partial charge in [0.15, 0.2) is 5.65 Å². The van der Waals surface area contributed by atoms with E-state index in [4.69, 9.17) is 4.74 Å². The van der Waals surface area contributed by atoms with Crippen LogP contribution in [0, 0.1) is 0 Å². The summed E-state index contributed by atoms with van der Waals surface area (Å²) in [5.74, 6) is 0.815. The van der Waals surface area contributed by atoms with Crippen LogP contribution < -0.4 is 4.74 Å². The lowest BCUT2D eigenvalue weighted by molar-refractivity contribution is -0.129. The number of pyridine rings is 1. The lowest BCUT2D eigenvalue weighted by atomic mass is 10.1. The summed E-state index contributed by atoms with van der Waals surface area (Å²) in [7, 11) is 7.58. The van der Waals surface area contributed by atoms with Crippen LogP contribution in [0.15, 0.2) is 42.6 Å². The van der Waals surface area contributed by atoms with E-state index >= 15 is 0 Å². The number of benzene rings is 1. The fourth-order valence-electron chi connectivity index (χ4n) is 2.88. The van der Waals surface area contributed by atoms with Crippen molar-refractivity contribution in [1.82, 2.24) is 24.6 Å². The summed E-state index contributed by atoms with van der Waals surface area (Å²) in [6, 6.07) is 11.8. The fourth-order valence-corrected chi connectivity index (χ4v) is 2.88. The highest BCUT2D eigenvalue weighted by atomic mass is 16.5. The molecule has 0 saturated carbocycles. The number of hydrogen-bond donors (Lipinski definition) is 0. The normalized spacial score (nSPS) is 11.2. The molecule has 28 heavy (non-hydrogen) atoms. The maximum Gasteiger partial charge on any atom is 0.243 e. The summed E-state index contributed by atoms with van der Waals surface area (Å²) in [5, 5.41) is 5.59. The Hall–Kier alpha value is -2.93. The third kappa shape index (κ3) is 4.67. The predicted octanol–water partition coefficient (Wildman–Crippen LogP) is 2.52. The number of nitrogens with zero attached hydrogens (tertiary/aromatic N) is 5. The highest BCUT2D eigenvalue weighted by Crippen LogP contribution is 2.28. The van der Waals surface area contributed by atoms with E-state index in [0.29, 0.717) is 12.3 Å². The maximum absolute atomic E-state index is 12.1. The Morgan fingerprint density at radius 1 is 1.11 bits per heavy atom. The molecule has 7 heteroatoms. The van der Waals surface area contributed by atoms with E-state index in [1.54, 1.807) is 29.9 Å². The van der Waals surface area contributed by atoms with E-state index in [-0.39, 0.29) is 12.5 Å². The van der Waals surface area contributed by atoms with Gasteiger partial charge in [-0.1, -0.05) is 0 Å². The molecule has 3 aromatic rings.